The Hall–Kier alpha value is -4.24. The summed E-state index contributed by atoms with van der Waals surface area (Å²) in [5.74, 6) is -0.970. The molecule has 9 heteroatoms. The number of rotatable bonds is 5. The van der Waals surface area contributed by atoms with E-state index in [1.807, 2.05) is 13.8 Å². The molecule has 6 rings (SSSR count). The first-order valence-corrected chi connectivity index (χ1v) is 13.1. The molecule has 0 spiro atoms. The van der Waals surface area contributed by atoms with Gasteiger partial charge in [0.15, 0.2) is 5.13 Å². The third-order valence-corrected chi connectivity index (χ3v) is 7.68. The maximum atomic E-state index is 13.9. The molecule has 38 heavy (non-hydrogen) atoms. The molecule has 1 N–H and O–H groups in total. The molecule has 4 aromatic rings. The van der Waals surface area contributed by atoms with E-state index < -0.39 is 23.5 Å². The molecule has 2 atom stereocenters. The van der Waals surface area contributed by atoms with Gasteiger partial charge in [-0.2, -0.15) is 0 Å². The molecule has 3 heterocycles. The second kappa shape index (κ2) is 9.25. The van der Waals surface area contributed by atoms with Crippen LogP contribution >= 0.6 is 11.3 Å². The van der Waals surface area contributed by atoms with Gasteiger partial charge in [0, 0.05) is 12.0 Å². The summed E-state index contributed by atoms with van der Waals surface area (Å²) in [5.41, 5.74) is 2.39. The van der Waals surface area contributed by atoms with Crippen molar-refractivity contribution in [2.24, 2.45) is 0 Å². The molecule has 0 radical (unpaired) electrons. The van der Waals surface area contributed by atoms with E-state index in [1.165, 1.54) is 23.1 Å². The van der Waals surface area contributed by atoms with Crippen LogP contribution in [0.25, 0.3) is 16.0 Å². The van der Waals surface area contributed by atoms with Crippen LogP contribution < -0.4 is 14.4 Å². The van der Waals surface area contributed by atoms with E-state index in [-0.39, 0.29) is 22.6 Å². The minimum atomic E-state index is -0.945. The first kappa shape index (κ1) is 24.1. The van der Waals surface area contributed by atoms with Gasteiger partial charge in [-0.25, -0.2) is 9.37 Å². The molecule has 1 saturated heterocycles. The summed E-state index contributed by atoms with van der Waals surface area (Å²) in [7, 11) is 0. The molecule has 2 aliphatic heterocycles. The highest BCUT2D eigenvalue weighted by Gasteiger charge is 2.48. The maximum absolute atomic E-state index is 13.9. The van der Waals surface area contributed by atoms with Crippen LogP contribution in [-0.4, -0.2) is 34.5 Å². The number of hydrogen-bond acceptors (Lipinski definition) is 7. The average molecular weight is 531 g/mol. The van der Waals surface area contributed by atoms with Gasteiger partial charge in [-0.3, -0.25) is 14.5 Å². The van der Waals surface area contributed by atoms with Gasteiger partial charge in [-0.15, -0.1) is 0 Å². The van der Waals surface area contributed by atoms with E-state index in [1.54, 1.807) is 42.5 Å². The lowest BCUT2D eigenvalue weighted by Gasteiger charge is -2.23. The number of thiazole rings is 1. The molecule has 1 fully saturated rings. The fraction of sp³-hybridized carbons (Fsp3) is 0.207. The van der Waals surface area contributed by atoms with Crippen molar-refractivity contribution in [1.82, 2.24) is 4.98 Å². The van der Waals surface area contributed by atoms with Crippen molar-refractivity contribution in [3.8, 4) is 11.5 Å². The molecule has 0 aliphatic carbocycles. The van der Waals surface area contributed by atoms with E-state index >= 15 is 0 Å². The molecule has 2 aliphatic rings. The Bertz CT molecular complexity index is 1630. The zero-order valence-corrected chi connectivity index (χ0v) is 21.4. The predicted molar refractivity (Wildman–Crippen MR) is 142 cm³/mol. The average Bonchev–Trinajstić information content (AvgIpc) is 3.56. The minimum Gasteiger partial charge on any atom is -0.507 e. The molecule has 0 saturated carbocycles. The Balaban J connectivity index is 1.51. The lowest BCUT2D eigenvalue weighted by Crippen LogP contribution is -2.29. The molecular formula is C29H23FN2O5S. The number of Topliss-reactive ketones (excluding diaryl/α,β-unsaturated/α-hetero) is 1. The Labute approximate surface area is 221 Å². The lowest BCUT2D eigenvalue weighted by atomic mass is 9.94. The number of aromatic nitrogens is 1. The number of hydrogen-bond donors (Lipinski definition) is 1. The van der Waals surface area contributed by atoms with Crippen LogP contribution in [0.5, 0.6) is 11.5 Å². The summed E-state index contributed by atoms with van der Waals surface area (Å²) in [6.07, 6.45) is 0.691. The number of amides is 1. The monoisotopic (exact) mass is 530 g/mol. The highest BCUT2D eigenvalue weighted by atomic mass is 32.1. The van der Waals surface area contributed by atoms with Gasteiger partial charge in [0.2, 0.25) is 0 Å². The largest absolute Gasteiger partial charge is 0.507 e. The van der Waals surface area contributed by atoms with E-state index in [4.69, 9.17) is 9.47 Å². The number of carbonyl (C=O) groups is 2. The number of fused-ring (bicyclic) bond motifs is 2. The minimum absolute atomic E-state index is 0.0145. The van der Waals surface area contributed by atoms with Crippen LogP contribution in [0, 0.1) is 5.82 Å². The normalized spacial score (nSPS) is 20.1. The summed E-state index contributed by atoms with van der Waals surface area (Å²) >= 11 is 1.11. The van der Waals surface area contributed by atoms with E-state index in [0.29, 0.717) is 40.1 Å². The summed E-state index contributed by atoms with van der Waals surface area (Å²) < 4.78 is 25.7. The number of anilines is 1. The van der Waals surface area contributed by atoms with Crippen LogP contribution in [0.2, 0.25) is 0 Å². The van der Waals surface area contributed by atoms with E-state index in [2.05, 4.69) is 4.98 Å². The van der Waals surface area contributed by atoms with Crippen molar-refractivity contribution in [2.75, 3.05) is 11.5 Å². The molecule has 192 valence electrons. The number of aliphatic hydroxyl groups is 1. The lowest BCUT2D eigenvalue weighted by molar-refractivity contribution is -0.132. The second-order valence-electron chi connectivity index (χ2n) is 9.23. The van der Waals surface area contributed by atoms with Crippen LogP contribution in [0.1, 0.15) is 36.6 Å². The highest BCUT2D eigenvalue weighted by Crippen LogP contribution is 2.45. The van der Waals surface area contributed by atoms with Crippen molar-refractivity contribution in [2.45, 2.75) is 32.4 Å². The zero-order valence-electron chi connectivity index (χ0n) is 20.6. The van der Waals surface area contributed by atoms with Gasteiger partial charge < -0.3 is 14.6 Å². The van der Waals surface area contributed by atoms with Crippen molar-refractivity contribution >= 4 is 44.1 Å². The van der Waals surface area contributed by atoms with Crippen molar-refractivity contribution in [3.05, 3.63) is 88.7 Å². The third kappa shape index (κ3) is 3.99. The smallest absolute Gasteiger partial charge is 0.301 e. The SMILES string of the molecule is CCOc1ccc([C@H]2C(=C(O)c3ccc4c(c3)C[C@H](C)O4)C(=O)C(=O)N2c2nc3ccc(F)cc3s2)cc1. The zero-order chi connectivity index (χ0) is 26.6. The Morgan fingerprint density at radius 2 is 1.95 bits per heavy atom. The number of halogens is 1. The maximum Gasteiger partial charge on any atom is 0.301 e. The Morgan fingerprint density at radius 3 is 2.71 bits per heavy atom. The topological polar surface area (TPSA) is 89.0 Å². The van der Waals surface area contributed by atoms with Crippen molar-refractivity contribution in [3.63, 3.8) is 0 Å². The first-order chi connectivity index (χ1) is 18.3. The van der Waals surface area contributed by atoms with E-state index in [9.17, 15) is 19.1 Å². The van der Waals surface area contributed by atoms with Gasteiger partial charge in [0.1, 0.15) is 29.2 Å². The Morgan fingerprint density at radius 1 is 1.16 bits per heavy atom. The number of carbonyl (C=O) groups excluding carboxylic acids is 2. The molecule has 3 aromatic carbocycles. The first-order valence-electron chi connectivity index (χ1n) is 12.2. The second-order valence-corrected chi connectivity index (χ2v) is 10.2. The number of nitrogens with zero attached hydrogens (tertiary/aromatic N) is 2. The summed E-state index contributed by atoms with van der Waals surface area (Å²) in [4.78, 5) is 32.7. The standard InChI is InChI=1S/C29H23FN2O5S/c1-3-36-20-8-4-16(5-9-20)25-24(26(33)17-6-11-22-18(13-17)12-15(2)37-22)27(34)28(35)32(25)29-31-21-10-7-19(30)14-23(21)38-29/h4-11,13-15,25,33H,3,12H2,1-2H3/t15-,25-/m0/s1. The van der Waals surface area contributed by atoms with E-state index in [0.717, 1.165) is 22.6 Å². The number of ketones is 1. The van der Waals surface area contributed by atoms with Gasteiger partial charge in [-0.1, -0.05) is 23.5 Å². The Kier molecular flexibility index (Phi) is 5.87. The van der Waals surface area contributed by atoms with Crippen molar-refractivity contribution in [1.29, 1.82) is 0 Å². The molecule has 1 aromatic heterocycles. The molecular weight excluding hydrogens is 507 g/mol. The fourth-order valence-corrected chi connectivity index (χ4v) is 5.99. The number of ether oxygens (including phenoxy) is 2. The molecule has 1 amide bonds. The third-order valence-electron chi connectivity index (χ3n) is 6.67. The van der Waals surface area contributed by atoms with Crippen molar-refractivity contribution < 1.29 is 28.6 Å². The van der Waals surface area contributed by atoms with Crippen LogP contribution in [0.15, 0.2) is 66.2 Å². The summed E-state index contributed by atoms with van der Waals surface area (Å²) in [5, 5.41) is 11.7. The summed E-state index contributed by atoms with van der Waals surface area (Å²) in [6.45, 7) is 4.32. The fourth-order valence-electron chi connectivity index (χ4n) is 4.97. The number of benzene rings is 3. The quantitative estimate of drug-likeness (QED) is 0.200. The summed E-state index contributed by atoms with van der Waals surface area (Å²) in [6, 6.07) is 15.5. The van der Waals surface area contributed by atoms with Gasteiger partial charge in [0.25, 0.3) is 5.78 Å². The van der Waals surface area contributed by atoms with Crippen LogP contribution in [0.3, 0.4) is 0 Å². The highest BCUT2D eigenvalue weighted by molar-refractivity contribution is 7.22. The van der Waals surface area contributed by atoms with Crippen LogP contribution in [-0.2, 0) is 16.0 Å². The van der Waals surface area contributed by atoms with Gasteiger partial charge >= 0.3 is 5.91 Å². The van der Waals surface area contributed by atoms with Crippen LogP contribution in [0.4, 0.5) is 9.52 Å². The molecule has 0 unspecified atom stereocenters. The predicted octanol–water partition coefficient (Wildman–Crippen LogP) is 5.78. The number of aliphatic hydroxyl groups excluding tert-OH is 1. The van der Waals surface area contributed by atoms with Gasteiger partial charge in [-0.05, 0) is 73.5 Å². The molecule has 7 nitrogen and oxygen atoms in total. The molecule has 0 bridgehead atoms. The van der Waals surface area contributed by atoms with Gasteiger partial charge in [0.05, 0.1) is 28.4 Å².